The van der Waals surface area contributed by atoms with Crippen LogP contribution in [-0.4, -0.2) is 38.3 Å². The van der Waals surface area contributed by atoms with Crippen LogP contribution in [0, 0.1) is 6.92 Å². The van der Waals surface area contributed by atoms with E-state index >= 15 is 0 Å². The van der Waals surface area contributed by atoms with Gasteiger partial charge < -0.3 is 10.4 Å². The van der Waals surface area contributed by atoms with Crippen molar-refractivity contribution in [3.63, 3.8) is 0 Å². The number of amides is 1. The summed E-state index contributed by atoms with van der Waals surface area (Å²) in [5, 5.41) is 20.3. The van der Waals surface area contributed by atoms with Gasteiger partial charge in [0.15, 0.2) is 5.65 Å². The Bertz CT molecular complexity index is 644. The van der Waals surface area contributed by atoms with Crippen molar-refractivity contribution in [1.82, 2.24) is 20.5 Å². The molecule has 0 spiro atoms. The van der Waals surface area contributed by atoms with E-state index in [2.05, 4.69) is 20.5 Å². The number of carbonyl (C=O) groups is 1. The number of aromatic nitrogens is 3. The van der Waals surface area contributed by atoms with Crippen LogP contribution in [0.3, 0.4) is 0 Å². The van der Waals surface area contributed by atoms with Gasteiger partial charge in [-0.3, -0.25) is 9.89 Å². The van der Waals surface area contributed by atoms with Gasteiger partial charge in [-0.2, -0.15) is 5.10 Å². The maximum absolute atomic E-state index is 12.3. The fourth-order valence-electron chi connectivity index (χ4n) is 2.83. The van der Waals surface area contributed by atoms with E-state index in [1.165, 1.54) is 6.20 Å². The van der Waals surface area contributed by atoms with Gasteiger partial charge in [-0.25, -0.2) is 4.98 Å². The number of pyridine rings is 1. The van der Waals surface area contributed by atoms with E-state index in [0.29, 0.717) is 11.2 Å². The van der Waals surface area contributed by atoms with Gasteiger partial charge >= 0.3 is 0 Å². The van der Waals surface area contributed by atoms with Crippen molar-refractivity contribution in [3.8, 4) is 0 Å². The number of aromatic amines is 1. The molecule has 0 saturated heterocycles. The minimum absolute atomic E-state index is 0.0147. The first kappa shape index (κ1) is 13.1. The fraction of sp³-hybridized carbons (Fsp3) is 0.500. The molecular weight excluding hydrogens is 256 g/mol. The predicted molar refractivity (Wildman–Crippen MR) is 74.4 cm³/mol. The first-order valence-corrected chi connectivity index (χ1v) is 6.88. The molecule has 1 amide bonds. The molecule has 1 aliphatic carbocycles. The molecule has 1 aliphatic rings. The quantitative estimate of drug-likeness (QED) is 0.786. The molecule has 2 aromatic heterocycles. The van der Waals surface area contributed by atoms with Crippen LogP contribution in [0.25, 0.3) is 11.0 Å². The lowest BCUT2D eigenvalue weighted by atomic mass is 9.98. The van der Waals surface area contributed by atoms with Crippen molar-refractivity contribution < 1.29 is 9.90 Å². The maximum atomic E-state index is 12.3. The number of fused-ring (bicyclic) bond motifs is 1. The molecule has 0 aromatic carbocycles. The van der Waals surface area contributed by atoms with Crippen LogP contribution in [0.2, 0.25) is 0 Å². The number of aliphatic hydroxyl groups excluding tert-OH is 1. The summed E-state index contributed by atoms with van der Waals surface area (Å²) in [5.74, 6) is -0.184. The second-order valence-electron chi connectivity index (χ2n) is 5.54. The van der Waals surface area contributed by atoms with Gasteiger partial charge in [-0.15, -0.1) is 0 Å². The zero-order valence-corrected chi connectivity index (χ0v) is 11.4. The van der Waals surface area contributed by atoms with Gasteiger partial charge in [-0.05, 0) is 25.8 Å². The number of nitrogens with one attached hydrogen (secondary N) is 2. The number of aryl methyl sites for hydroxylation is 1. The lowest BCUT2D eigenvalue weighted by molar-refractivity contribution is 0.0838. The second kappa shape index (κ2) is 4.86. The normalized spacial score (nSPS) is 17.5. The van der Waals surface area contributed by atoms with Crippen LogP contribution in [-0.2, 0) is 0 Å². The molecule has 0 unspecified atom stereocenters. The molecule has 0 atom stereocenters. The monoisotopic (exact) mass is 274 g/mol. The molecule has 0 bridgehead atoms. The third kappa shape index (κ3) is 2.16. The van der Waals surface area contributed by atoms with Crippen molar-refractivity contribution >= 4 is 16.9 Å². The first-order valence-electron chi connectivity index (χ1n) is 6.88. The van der Waals surface area contributed by atoms with Gasteiger partial charge in [0.1, 0.15) is 0 Å². The minimum Gasteiger partial charge on any atom is -0.394 e. The third-order valence-electron chi connectivity index (χ3n) is 4.10. The van der Waals surface area contributed by atoms with Gasteiger partial charge in [0.05, 0.1) is 17.7 Å². The molecule has 1 fully saturated rings. The van der Waals surface area contributed by atoms with Crippen LogP contribution in [0.15, 0.2) is 12.3 Å². The zero-order valence-electron chi connectivity index (χ0n) is 11.4. The number of nitrogens with zero attached hydrogens (tertiary/aromatic N) is 2. The van der Waals surface area contributed by atoms with Crippen molar-refractivity contribution in [3.05, 3.63) is 23.5 Å². The van der Waals surface area contributed by atoms with Gasteiger partial charge in [-0.1, -0.05) is 12.8 Å². The largest absolute Gasteiger partial charge is 0.394 e. The molecular formula is C14H18N4O2. The number of rotatable bonds is 3. The van der Waals surface area contributed by atoms with E-state index in [0.717, 1.165) is 36.8 Å². The maximum Gasteiger partial charge on any atom is 0.253 e. The highest BCUT2D eigenvalue weighted by Crippen LogP contribution is 2.29. The highest BCUT2D eigenvalue weighted by atomic mass is 16.3. The lowest BCUT2D eigenvalue weighted by Crippen LogP contribution is -2.49. The standard InChI is InChI=1S/C14H18N4O2/c1-9-11-6-10(7-15-12(11)18-17-9)13(20)16-14(8-19)4-2-3-5-14/h6-7,19H,2-5,8H2,1H3,(H,16,20)(H,15,17,18). The van der Waals surface area contributed by atoms with Crippen molar-refractivity contribution in [1.29, 1.82) is 0 Å². The number of aliphatic hydroxyl groups is 1. The topological polar surface area (TPSA) is 90.9 Å². The smallest absolute Gasteiger partial charge is 0.253 e. The minimum atomic E-state index is -0.461. The average Bonchev–Trinajstić information content (AvgIpc) is 3.07. The SMILES string of the molecule is Cc1[nH]nc2ncc(C(=O)NC3(CO)CCCC3)cc12. The first-order chi connectivity index (χ1) is 9.63. The van der Waals surface area contributed by atoms with Gasteiger partial charge in [0, 0.05) is 17.3 Å². The third-order valence-corrected chi connectivity index (χ3v) is 4.10. The van der Waals surface area contributed by atoms with Crippen molar-refractivity contribution in [2.45, 2.75) is 38.1 Å². The molecule has 0 radical (unpaired) electrons. The predicted octanol–water partition coefficient (Wildman–Crippen LogP) is 1.30. The van der Waals surface area contributed by atoms with Crippen LogP contribution in [0.5, 0.6) is 0 Å². The summed E-state index contributed by atoms with van der Waals surface area (Å²) in [4.78, 5) is 16.5. The Hall–Kier alpha value is -1.95. The molecule has 2 heterocycles. The van der Waals surface area contributed by atoms with E-state index < -0.39 is 5.54 Å². The summed E-state index contributed by atoms with van der Waals surface area (Å²) < 4.78 is 0. The second-order valence-corrected chi connectivity index (χ2v) is 5.54. The van der Waals surface area contributed by atoms with E-state index in [9.17, 15) is 9.90 Å². The number of carbonyl (C=O) groups excluding carboxylic acids is 1. The van der Waals surface area contributed by atoms with E-state index in [4.69, 9.17) is 0 Å². The molecule has 6 nitrogen and oxygen atoms in total. The molecule has 3 N–H and O–H groups in total. The van der Waals surface area contributed by atoms with Crippen LogP contribution < -0.4 is 5.32 Å². The van der Waals surface area contributed by atoms with E-state index in [1.807, 2.05) is 6.92 Å². The summed E-state index contributed by atoms with van der Waals surface area (Å²) in [5.41, 5.74) is 1.54. The number of hydrogen-bond acceptors (Lipinski definition) is 4. The Morgan fingerprint density at radius 3 is 2.95 bits per heavy atom. The van der Waals surface area contributed by atoms with E-state index in [-0.39, 0.29) is 12.5 Å². The van der Waals surface area contributed by atoms with Gasteiger partial charge in [0.25, 0.3) is 5.91 Å². The van der Waals surface area contributed by atoms with Crippen LogP contribution in [0.4, 0.5) is 0 Å². The molecule has 20 heavy (non-hydrogen) atoms. The lowest BCUT2D eigenvalue weighted by Gasteiger charge is -2.27. The summed E-state index contributed by atoms with van der Waals surface area (Å²) in [6, 6.07) is 1.79. The molecule has 2 aromatic rings. The molecule has 6 heteroatoms. The Morgan fingerprint density at radius 2 is 2.25 bits per heavy atom. The van der Waals surface area contributed by atoms with Crippen LogP contribution >= 0.6 is 0 Å². The average molecular weight is 274 g/mol. The number of hydrogen-bond donors (Lipinski definition) is 3. The molecule has 106 valence electrons. The van der Waals surface area contributed by atoms with Crippen molar-refractivity contribution in [2.75, 3.05) is 6.61 Å². The Kier molecular flexibility index (Phi) is 3.17. The highest BCUT2D eigenvalue weighted by molar-refractivity contribution is 5.97. The van der Waals surface area contributed by atoms with Crippen molar-refractivity contribution in [2.24, 2.45) is 0 Å². The van der Waals surface area contributed by atoms with Crippen LogP contribution in [0.1, 0.15) is 41.7 Å². The molecule has 0 aliphatic heterocycles. The summed E-state index contributed by atoms with van der Waals surface area (Å²) >= 11 is 0. The fourth-order valence-corrected chi connectivity index (χ4v) is 2.83. The Balaban J connectivity index is 1.86. The highest BCUT2D eigenvalue weighted by Gasteiger charge is 2.34. The Morgan fingerprint density at radius 1 is 1.50 bits per heavy atom. The summed E-state index contributed by atoms with van der Waals surface area (Å²) in [6.45, 7) is 1.88. The summed E-state index contributed by atoms with van der Waals surface area (Å²) in [6.07, 6.45) is 5.27. The van der Waals surface area contributed by atoms with Gasteiger partial charge in [0.2, 0.25) is 0 Å². The Labute approximate surface area is 116 Å². The summed E-state index contributed by atoms with van der Waals surface area (Å²) in [7, 11) is 0. The molecule has 3 rings (SSSR count). The molecule has 1 saturated carbocycles. The number of H-pyrrole nitrogens is 1. The zero-order chi connectivity index (χ0) is 14.2. The van der Waals surface area contributed by atoms with E-state index in [1.54, 1.807) is 6.07 Å².